The van der Waals surface area contributed by atoms with Gasteiger partial charge in [-0.05, 0) is 0 Å². The summed E-state index contributed by atoms with van der Waals surface area (Å²) in [6, 6.07) is 0. The van der Waals surface area contributed by atoms with Crippen LogP contribution >= 0.6 is 0 Å². The minimum absolute atomic E-state index is 0. The van der Waals surface area contributed by atoms with Crippen LogP contribution in [0.15, 0.2) is 0 Å². The van der Waals surface area contributed by atoms with Crippen molar-refractivity contribution in [2.24, 2.45) is 0 Å². The van der Waals surface area contributed by atoms with Gasteiger partial charge in [0.2, 0.25) is 0 Å². The van der Waals surface area contributed by atoms with Gasteiger partial charge in [-0.2, -0.15) is 0 Å². The zero-order valence-corrected chi connectivity index (χ0v) is 6.70. The van der Waals surface area contributed by atoms with Crippen molar-refractivity contribution in [3.05, 3.63) is 0 Å². The molecule has 0 fully saturated rings. The van der Waals surface area contributed by atoms with Crippen LogP contribution in [0.4, 0.5) is 0 Å². The van der Waals surface area contributed by atoms with Gasteiger partial charge >= 0.3 is 65.3 Å². The molecule has 0 amide bonds. The molecule has 6 nitrogen and oxygen atoms in total. The predicted octanol–water partition coefficient (Wildman–Crippen LogP) is -6.62. The Kier molecular flexibility index (Phi) is 42.3. The molecule has 0 aromatic rings. The first-order valence-corrected chi connectivity index (χ1v) is 2.54. The third kappa shape index (κ3) is 392. The Bertz CT molecular complexity index is 94.2. The van der Waals surface area contributed by atoms with Gasteiger partial charge in [-0.1, -0.05) is 0 Å². The van der Waals surface area contributed by atoms with Crippen molar-refractivity contribution >= 4 is 0 Å². The summed E-state index contributed by atoms with van der Waals surface area (Å²) in [6.07, 6.45) is 0. The zero-order chi connectivity index (χ0) is 4.50. The van der Waals surface area contributed by atoms with E-state index in [1.165, 1.54) is 0 Å². The van der Waals surface area contributed by atoms with Crippen LogP contribution < -0.4 is 27.2 Å². The number of rotatable bonds is 0. The molecule has 9 heteroatoms. The fourth-order valence-electron chi connectivity index (χ4n) is 0. The summed E-state index contributed by atoms with van der Waals surface area (Å²) in [5.74, 6) is 0. The molecule has 0 saturated carbocycles. The molecule has 0 bridgehead atoms. The second-order valence-electron chi connectivity index (χ2n) is 0.378. The van der Waals surface area contributed by atoms with E-state index in [0.717, 1.165) is 0 Å². The summed E-state index contributed by atoms with van der Waals surface area (Å²) in [7, 11) is 0. The van der Waals surface area contributed by atoms with Gasteiger partial charge in [0, 0.05) is 0 Å². The summed E-state index contributed by atoms with van der Waals surface area (Å²) >= 11 is -5.62. The van der Waals surface area contributed by atoms with E-state index in [4.69, 9.17) is 16.0 Å². The molecular weight excluding hydrogens is 213 g/mol. The van der Waals surface area contributed by atoms with Gasteiger partial charge in [0.15, 0.2) is 0 Å². The summed E-state index contributed by atoms with van der Waals surface area (Å²) in [6.45, 7) is 0. The summed E-state index contributed by atoms with van der Waals surface area (Å²) in [5.41, 5.74) is 0. The third-order valence-electron chi connectivity index (χ3n) is 0. The van der Waals surface area contributed by atoms with Gasteiger partial charge < -0.3 is 11.0 Å². The molecule has 54 valence electrons. The van der Waals surface area contributed by atoms with Crippen molar-refractivity contribution in [1.82, 2.24) is 0 Å². The summed E-state index contributed by atoms with van der Waals surface area (Å²) < 4.78 is 34.3. The predicted molar refractivity (Wildman–Crippen MR) is 6.92 cm³/mol. The molecule has 0 aliphatic rings. The molecule has 0 heterocycles. The SMILES string of the molecule is O.[Li+].[Mn+2].[OH-].[O]=[Mn](=[O])([O-])[O-]. The first-order chi connectivity index (χ1) is 2.00. The Hall–Kier alpha value is 1.08. The van der Waals surface area contributed by atoms with Crippen molar-refractivity contribution < 1.29 is 76.3 Å². The molecule has 9 heavy (non-hydrogen) atoms. The Labute approximate surface area is 76.2 Å². The first kappa shape index (κ1) is 32.2. The monoisotopic (exact) mass is 216 g/mol. The van der Waals surface area contributed by atoms with E-state index in [9.17, 15) is 0 Å². The second-order valence-corrected chi connectivity index (χ2v) is 1.56. The van der Waals surface area contributed by atoms with E-state index < -0.39 is 13.4 Å². The molecule has 0 aromatic heterocycles. The van der Waals surface area contributed by atoms with Crippen LogP contribution in [-0.2, 0) is 38.1 Å². The van der Waals surface area contributed by atoms with Gasteiger partial charge in [-0.25, -0.2) is 0 Å². The molecule has 3 N–H and O–H groups in total. The molecule has 1 radical (unpaired) electrons. The Morgan fingerprint density at radius 3 is 1.11 bits per heavy atom. The van der Waals surface area contributed by atoms with Gasteiger partial charge in [0.1, 0.15) is 0 Å². The van der Waals surface area contributed by atoms with Crippen LogP contribution in [0.1, 0.15) is 0 Å². The molecule has 0 aromatic carbocycles. The van der Waals surface area contributed by atoms with Crippen LogP contribution in [0.2, 0.25) is 0 Å². The molecule has 0 aliphatic carbocycles. The maximum atomic E-state index is 8.58. The van der Waals surface area contributed by atoms with E-state index in [0.29, 0.717) is 0 Å². The average molecular weight is 216 g/mol. The fourth-order valence-corrected chi connectivity index (χ4v) is 0. The second kappa shape index (κ2) is 11.8. The van der Waals surface area contributed by atoms with E-state index in [2.05, 4.69) is 0 Å². The van der Waals surface area contributed by atoms with Crippen LogP contribution in [0.3, 0.4) is 0 Å². The quantitative estimate of drug-likeness (QED) is 0.369. The minimum atomic E-state index is -5.62. The van der Waals surface area contributed by atoms with E-state index in [1.807, 2.05) is 0 Å². The van der Waals surface area contributed by atoms with E-state index >= 15 is 0 Å². The Morgan fingerprint density at radius 1 is 1.11 bits per heavy atom. The Balaban J connectivity index is -0.0000000133. The van der Waals surface area contributed by atoms with Crippen LogP contribution in [0, 0.1) is 0 Å². The maximum absolute atomic E-state index is 8.58. The van der Waals surface area contributed by atoms with Gasteiger partial charge in [0.25, 0.3) is 0 Å². The first-order valence-electron chi connectivity index (χ1n) is 0.617. The Morgan fingerprint density at radius 2 is 1.11 bits per heavy atom. The van der Waals surface area contributed by atoms with Crippen molar-refractivity contribution in [3.63, 3.8) is 0 Å². The van der Waals surface area contributed by atoms with Crippen LogP contribution in [-0.4, -0.2) is 11.0 Å². The van der Waals surface area contributed by atoms with Crippen molar-refractivity contribution in [1.29, 1.82) is 0 Å². The van der Waals surface area contributed by atoms with Gasteiger partial charge in [-0.15, -0.1) is 0 Å². The van der Waals surface area contributed by atoms with E-state index in [-0.39, 0.29) is 46.9 Å². The zero-order valence-electron chi connectivity index (χ0n) is 4.34. The van der Waals surface area contributed by atoms with Crippen molar-refractivity contribution in [2.45, 2.75) is 0 Å². The third-order valence-corrected chi connectivity index (χ3v) is 0. The van der Waals surface area contributed by atoms with Crippen molar-refractivity contribution in [3.8, 4) is 0 Å². The van der Waals surface area contributed by atoms with Crippen molar-refractivity contribution in [2.75, 3.05) is 0 Å². The molecule has 0 spiro atoms. The summed E-state index contributed by atoms with van der Waals surface area (Å²) in [5, 5.41) is 0. The summed E-state index contributed by atoms with van der Waals surface area (Å²) in [4.78, 5) is 0. The molecule has 0 unspecified atom stereocenters. The molecule has 0 rings (SSSR count). The fraction of sp³-hybridized carbons (Fsp3) is 0. The number of hydrogen-bond acceptors (Lipinski definition) is 5. The molecule has 0 aliphatic heterocycles. The standard InChI is InChI=1S/Li.2Mn.2H2O.4O/h;;;2*1H2;;;;/q+1;;+2;;;;;2*-1/p-1. The topological polar surface area (TPSA) is 142 Å². The van der Waals surface area contributed by atoms with Crippen LogP contribution in [0.5, 0.6) is 0 Å². The van der Waals surface area contributed by atoms with Gasteiger partial charge in [0.05, 0.1) is 0 Å². The van der Waals surface area contributed by atoms with Gasteiger partial charge in [-0.3, -0.25) is 0 Å². The number of hydrogen-bond donors (Lipinski definition) is 0. The van der Waals surface area contributed by atoms with E-state index in [1.54, 1.807) is 0 Å². The normalized spacial score (nSPS) is 6.44. The van der Waals surface area contributed by atoms with Crippen LogP contribution in [0.25, 0.3) is 0 Å². The molecule has 0 atom stereocenters. The molecule has 0 saturated heterocycles. The average Bonchev–Trinajstić information content (AvgIpc) is 0.722. The molecular formula is H3LiMn2O6.